The minimum Gasteiger partial charge on any atom is -0.358 e. The van der Waals surface area contributed by atoms with Gasteiger partial charge in [0.05, 0.1) is 12.1 Å². The van der Waals surface area contributed by atoms with E-state index in [0.29, 0.717) is 19.5 Å². The minimum absolute atomic E-state index is 0. The number of likely N-dealkylation sites (N-methyl/N-ethyl adjacent to an activating group) is 1. The van der Waals surface area contributed by atoms with Gasteiger partial charge in [-0.1, -0.05) is 71.9 Å². The Kier molecular flexibility index (Phi) is 27.7. The van der Waals surface area contributed by atoms with Crippen LogP contribution in [0.15, 0.2) is 46.4 Å². The van der Waals surface area contributed by atoms with Crippen molar-refractivity contribution in [2.24, 2.45) is 10.8 Å². The first-order valence-electron chi connectivity index (χ1n) is 14.7. The molecule has 1 saturated heterocycles. The zero-order valence-corrected chi connectivity index (χ0v) is 33.4. The van der Waals surface area contributed by atoms with Crippen LogP contribution in [0.1, 0.15) is 87.5 Å². The summed E-state index contributed by atoms with van der Waals surface area (Å²) in [6.45, 7) is 21.4. The topological polar surface area (TPSA) is 102 Å². The number of allylic oxidation sites excluding steroid dienone is 4. The van der Waals surface area contributed by atoms with Crippen LogP contribution in [0.5, 0.6) is 0 Å². The molecule has 1 aliphatic carbocycles. The van der Waals surface area contributed by atoms with Gasteiger partial charge in [0.1, 0.15) is 17.7 Å². The summed E-state index contributed by atoms with van der Waals surface area (Å²) in [7, 11) is 1.80. The van der Waals surface area contributed by atoms with E-state index in [1.54, 1.807) is 29.8 Å². The van der Waals surface area contributed by atoms with Crippen LogP contribution in [0.2, 0.25) is 0 Å². The van der Waals surface area contributed by atoms with Crippen molar-refractivity contribution in [1.82, 2.24) is 15.5 Å². The Morgan fingerprint density at radius 1 is 1.18 bits per heavy atom. The van der Waals surface area contributed by atoms with Crippen LogP contribution >= 0.6 is 11.8 Å². The summed E-state index contributed by atoms with van der Waals surface area (Å²) in [5.41, 5.74) is 2.75. The Bertz CT molecular complexity index is 1030. The third kappa shape index (κ3) is 15.7. The minimum atomic E-state index is -0.542. The summed E-state index contributed by atoms with van der Waals surface area (Å²) in [6.07, 6.45) is 12.8. The summed E-state index contributed by atoms with van der Waals surface area (Å²) in [5, 5.41) is 14.3. The van der Waals surface area contributed by atoms with Gasteiger partial charge in [-0.3, -0.25) is 9.59 Å². The van der Waals surface area contributed by atoms with Gasteiger partial charge in [0.2, 0.25) is 11.8 Å². The molecule has 249 valence electrons. The molecule has 1 radical (unpaired) electrons. The van der Waals surface area contributed by atoms with Gasteiger partial charge in [0, 0.05) is 50.7 Å². The van der Waals surface area contributed by atoms with Crippen LogP contribution in [0.4, 0.5) is 0 Å². The second-order valence-electron chi connectivity index (χ2n) is 11.4. The fraction of sp³-hybridized carbons (Fsp3) is 0.600. The fourth-order valence-corrected chi connectivity index (χ4v) is 5.39. The van der Waals surface area contributed by atoms with Gasteiger partial charge < -0.3 is 35.2 Å². The van der Waals surface area contributed by atoms with Crippen molar-refractivity contribution < 1.29 is 47.1 Å². The zero-order valence-electron chi connectivity index (χ0n) is 29.7. The first-order valence-corrected chi connectivity index (χ1v) is 15.9. The predicted molar refractivity (Wildman–Crippen MR) is 186 cm³/mol. The molecule has 0 aromatic rings. The maximum Gasteiger partial charge on any atom is 0.243 e. The Morgan fingerprint density at radius 2 is 1.75 bits per heavy atom. The summed E-state index contributed by atoms with van der Waals surface area (Å²) in [5.74, 6) is -0.0971. The largest absolute Gasteiger partial charge is 0.358 e. The summed E-state index contributed by atoms with van der Waals surface area (Å²) in [6, 6.07) is 1.20. The van der Waals surface area contributed by atoms with Crippen LogP contribution in [0, 0.1) is 37.0 Å². The number of hydrogen-bond acceptors (Lipinski definition) is 6. The van der Waals surface area contributed by atoms with Gasteiger partial charge in [-0.15, -0.1) is 11.8 Å². The van der Waals surface area contributed by atoms with Gasteiger partial charge in [0.25, 0.3) is 0 Å². The molecule has 9 heteroatoms. The number of likely N-dealkylation sites (tertiary alicyclic amines) is 1. The number of nitrogens with zero attached hydrogens (tertiary/aromatic N) is 2. The molecule has 1 aliphatic heterocycles. The normalized spacial score (nSPS) is 17.1. The van der Waals surface area contributed by atoms with Crippen molar-refractivity contribution >= 4 is 29.9 Å². The molecule has 0 aromatic carbocycles. The predicted octanol–water partition coefficient (Wildman–Crippen LogP) is 7.25. The second kappa shape index (κ2) is 24.7. The SMILES string of the molecule is C=C/C(=C\C=C(/CC)C(SC)=C(C)C)CNC(=O)C1CCCN1C(=O)C(NC)C(C)(C)C.CC.N#CC1(C=O)CC1.[CH3-].[CH3-].[Y]. The quantitative estimate of drug-likeness (QED) is 0.134. The molecule has 44 heavy (non-hydrogen) atoms. The standard InChI is InChI=1S/C26H43N3O2S.C5H5NO.C2H6.2CH3.Y/c1-10-19(14-15-20(11-2)22(32-9)18(3)4)17-28-24(30)21-13-12-16-29(21)25(31)23(27-8)26(5,6)7;6-3-5(4-7)1-2-5;1-2;;;/h10,14-15,21,23,27H,1,11-13,16-17H2,2-9H3,(H,28,30);4H,1-2H2;1-2H3;2*1H3;/q;;;2*-1;/b19-14+,20-15+;;;;;. The molecule has 2 fully saturated rings. The molecule has 2 aliphatic rings. The van der Waals surface area contributed by atoms with E-state index >= 15 is 0 Å². The van der Waals surface area contributed by atoms with E-state index in [4.69, 9.17) is 5.26 Å². The van der Waals surface area contributed by atoms with Gasteiger partial charge in [-0.25, -0.2) is 0 Å². The molecule has 2 amide bonds. The Labute approximate surface area is 300 Å². The molecule has 2 N–H and O–H groups in total. The van der Waals surface area contributed by atoms with Crippen molar-refractivity contribution in [1.29, 1.82) is 5.26 Å². The molecular formula is C35H60N4O3SY-2. The summed E-state index contributed by atoms with van der Waals surface area (Å²) >= 11 is 1.76. The van der Waals surface area contributed by atoms with E-state index in [2.05, 4.69) is 50.3 Å². The molecule has 2 atom stereocenters. The van der Waals surface area contributed by atoms with Crippen molar-refractivity contribution in [3.8, 4) is 6.07 Å². The van der Waals surface area contributed by atoms with Crippen LogP contribution < -0.4 is 10.6 Å². The average molecular weight is 706 g/mol. The third-order valence-electron chi connectivity index (χ3n) is 7.04. The van der Waals surface area contributed by atoms with Crippen LogP contribution in [0.3, 0.4) is 0 Å². The second-order valence-corrected chi connectivity index (χ2v) is 12.2. The van der Waals surface area contributed by atoms with Gasteiger partial charge in [0.15, 0.2) is 0 Å². The van der Waals surface area contributed by atoms with E-state index in [9.17, 15) is 14.4 Å². The van der Waals surface area contributed by atoms with Gasteiger partial charge in [-0.2, -0.15) is 5.26 Å². The van der Waals surface area contributed by atoms with Crippen molar-refractivity contribution in [2.75, 3.05) is 26.4 Å². The fourth-order valence-electron chi connectivity index (χ4n) is 4.51. The first-order chi connectivity index (χ1) is 19.3. The van der Waals surface area contributed by atoms with Crippen molar-refractivity contribution in [3.05, 3.63) is 61.3 Å². The number of hydrogen-bond donors (Lipinski definition) is 2. The number of amides is 2. The number of carbonyl (C=O) groups excluding carboxylic acids is 3. The van der Waals surface area contributed by atoms with Crippen LogP contribution in [-0.2, 0) is 47.1 Å². The van der Waals surface area contributed by atoms with E-state index in [0.717, 1.165) is 37.5 Å². The maximum absolute atomic E-state index is 13.1. The third-order valence-corrected chi connectivity index (χ3v) is 8.11. The molecule has 0 bridgehead atoms. The number of rotatable bonds is 11. The molecule has 7 nitrogen and oxygen atoms in total. The molecule has 0 aromatic heterocycles. The Morgan fingerprint density at radius 3 is 2.09 bits per heavy atom. The monoisotopic (exact) mass is 705 g/mol. The van der Waals surface area contributed by atoms with E-state index in [1.165, 1.54) is 16.1 Å². The molecule has 2 unspecified atom stereocenters. The zero-order chi connectivity index (χ0) is 31.8. The molecular weight excluding hydrogens is 645 g/mol. The van der Waals surface area contributed by atoms with Gasteiger partial charge >= 0.3 is 0 Å². The molecule has 2 rings (SSSR count). The molecule has 1 saturated carbocycles. The number of carbonyl (C=O) groups is 3. The number of nitrogens with one attached hydrogen (secondary N) is 2. The Hall–Kier alpha value is -1.53. The number of nitriles is 1. The molecule has 1 heterocycles. The summed E-state index contributed by atoms with van der Waals surface area (Å²) in [4.78, 5) is 39.0. The number of thioether (sulfide) groups is 1. The van der Waals surface area contributed by atoms with Crippen molar-refractivity contribution in [3.63, 3.8) is 0 Å². The summed E-state index contributed by atoms with van der Waals surface area (Å²) < 4.78 is 0. The number of aldehydes is 1. The average Bonchev–Trinajstić information content (AvgIpc) is 3.58. The van der Waals surface area contributed by atoms with E-state index < -0.39 is 11.5 Å². The molecule has 0 spiro atoms. The van der Waals surface area contributed by atoms with Crippen LogP contribution in [-0.4, -0.2) is 61.5 Å². The van der Waals surface area contributed by atoms with E-state index in [-0.39, 0.29) is 70.8 Å². The van der Waals surface area contributed by atoms with Crippen molar-refractivity contribution in [2.45, 2.75) is 99.6 Å². The Balaban J connectivity index is -0.000000576. The smallest absolute Gasteiger partial charge is 0.243 e. The first kappa shape index (κ1) is 49.4. The van der Waals surface area contributed by atoms with Gasteiger partial charge in [-0.05, 0) is 75.8 Å². The maximum atomic E-state index is 13.1. The van der Waals surface area contributed by atoms with E-state index in [1.807, 2.05) is 46.8 Å². The van der Waals surface area contributed by atoms with Crippen LogP contribution in [0.25, 0.3) is 0 Å².